The van der Waals surface area contributed by atoms with Crippen LogP contribution in [0.25, 0.3) is 0 Å². The van der Waals surface area contributed by atoms with Crippen LogP contribution < -0.4 is 15.2 Å². The fourth-order valence-electron chi connectivity index (χ4n) is 2.10. The highest BCUT2D eigenvalue weighted by Gasteiger charge is 2.03. The Hall–Kier alpha value is -2.04. The lowest BCUT2D eigenvalue weighted by Crippen LogP contribution is -2.01. The van der Waals surface area contributed by atoms with Crippen LogP contribution in [0.5, 0.6) is 11.5 Å². The van der Waals surface area contributed by atoms with Gasteiger partial charge in [-0.15, -0.1) is 0 Å². The molecule has 0 saturated carbocycles. The Morgan fingerprint density at radius 3 is 2.33 bits per heavy atom. The molecule has 0 atom stereocenters. The second kappa shape index (κ2) is 7.67. The lowest BCUT2D eigenvalue weighted by Gasteiger charge is -2.10. The van der Waals surface area contributed by atoms with Gasteiger partial charge in [0.1, 0.15) is 11.5 Å². The minimum Gasteiger partial charge on any atom is -0.497 e. The normalized spacial score (nSPS) is 10.4. The smallest absolute Gasteiger partial charge is 0.123 e. The van der Waals surface area contributed by atoms with Crippen LogP contribution in [0.15, 0.2) is 42.5 Å². The van der Waals surface area contributed by atoms with Crippen molar-refractivity contribution < 1.29 is 14.2 Å². The van der Waals surface area contributed by atoms with Crippen molar-refractivity contribution >= 4 is 0 Å². The van der Waals surface area contributed by atoms with Crippen LogP contribution in [-0.4, -0.2) is 14.2 Å². The van der Waals surface area contributed by atoms with Crippen LogP contribution in [0.3, 0.4) is 0 Å². The van der Waals surface area contributed by atoms with Crippen molar-refractivity contribution in [2.24, 2.45) is 5.73 Å². The average molecular weight is 287 g/mol. The third-order valence-electron chi connectivity index (χ3n) is 3.24. The molecule has 0 aromatic heterocycles. The van der Waals surface area contributed by atoms with Crippen molar-refractivity contribution in [2.75, 3.05) is 14.2 Å². The Bertz CT molecular complexity index is 584. The van der Waals surface area contributed by atoms with Crippen molar-refractivity contribution in [2.45, 2.75) is 19.8 Å². The third kappa shape index (κ3) is 4.21. The number of ether oxygens (including phenoxy) is 3. The van der Waals surface area contributed by atoms with Crippen LogP contribution in [0.4, 0.5) is 0 Å². The van der Waals surface area contributed by atoms with Crippen molar-refractivity contribution in [3.05, 3.63) is 59.2 Å². The molecule has 2 N–H and O–H groups in total. The van der Waals surface area contributed by atoms with Crippen LogP contribution >= 0.6 is 0 Å². The fourth-order valence-corrected chi connectivity index (χ4v) is 2.10. The number of benzene rings is 2. The largest absolute Gasteiger partial charge is 0.497 e. The van der Waals surface area contributed by atoms with Crippen molar-refractivity contribution in [3.8, 4) is 11.5 Å². The summed E-state index contributed by atoms with van der Waals surface area (Å²) in [7, 11) is 3.31. The van der Waals surface area contributed by atoms with E-state index in [4.69, 9.17) is 19.9 Å². The first-order valence-electron chi connectivity index (χ1n) is 6.83. The molecule has 112 valence electrons. The van der Waals surface area contributed by atoms with E-state index in [-0.39, 0.29) is 0 Å². The van der Waals surface area contributed by atoms with Gasteiger partial charge in [-0.1, -0.05) is 24.3 Å². The predicted octanol–water partition coefficient (Wildman–Crippen LogP) is 2.88. The lowest BCUT2D eigenvalue weighted by atomic mass is 10.1. The second-order valence-electron chi connectivity index (χ2n) is 4.69. The maximum atomic E-state index is 5.74. The summed E-state index contributed by atoms with van der Waals surface area (Å²) >= 11 is 0. The minimum absolute atomic E-state index is 0.466. The van der Waals surface area contributed by atoms with E-state index < -0.39 is 0 Å². The van der Waals surface area contributed by atoms with E-state index in [9.17, 15) is 0 Å². The molecule has 0 bridgehead atoms. The van der Waals surface area contributed by atoms with E-state index in [0.717, 1.165) is 28.2 Å². The quantitative estimate of drug-likeness (QED) is 0.850. The molecular weight excluding hydrogens is 266 g/mol. The Balaban J connectivity index is 1.93. The van der Waals surface area contributed by atoms with Gasteiger partial charge >= 0.3 is 0 Å². The van der Waals surface area contributed by atoms with Gasteiger partial charge in [-0.2, -0.15) is 0 Å². The molecular formula is C17H21NO3. The highest BCUT2D eigenvalue weighted by Crippen LogP contribution is 2.20. The first-order chi connectivity index (χ1) is 10.3. The molecule has 21 heavy (non-hydrogen) atoms. The standard InChI is InChI=1S/C17H21NO3/c1-19-16-5-3-4-13(8-16)11-21-12-14-6-7-15(10-18)17(9-14)20-2/h3-9H,10-12,18H2,1-2H3. The molecule has 0 unspecified atom stereocenters. The zero-order chi connectivity index (χ0) is 15.1. The third-order valence-corrected chi connectivity index (χ3v) is 3.24. The average Bonchev–Trinajstić information content (AvgIpc) is 2.55. The van der Waals surface area contributed by atoms with Gasteiger partial charge in [-0.25, -0.2) is 0 Å². The molecule has 4 heteroatoms. The number of hydrogen-bond donors (Lipinski definition) is 1. The summed E-state index contributed by atoms with van der Waals surface area (Å²) in [5.41, 5.74) is 8.80. The van der Waals surface area contributed by atoms with Crippen molar-refractivity contribution in [1.29, 1.82) is 0 Å². The molecule has 2 aromatic carbocycles. The van der Waals surface area contributed by atoms with Gasteiger partial charge in [0.2, 0.25) is 0 Å². The molecule has 2 aromatic rings. The van der Waals surface area contributed by atoms with Gasteiger partial charge in [0.15, 0.2) is 0 Å². The molecule has 0 amide bonds. The van der Waals surface area contributed by atoms with Crippen molar-refractivity contribution in [3.63, 3.8) is 0 Å². The molecule has 0 radical (unpaired) electrons. The fraction of sp³-hybridized carbons (Fsp3) is 0.294. The van der Waals surface area contributed by atoms with Crippen LogP contribution in [0.1, 0.15) is 16.7 Å². The number of hydrogen-bond acceptors (Lipinski definition) is 4. The number of nitrogens with two attached hydrogens (primary N) is 1. The Labute approximate surface area is 125 Å². The van der Waals surface area contributed by atoms with E-state index in [2.05, 4.69) is 0 Å². The minimum atomic E-state index is 0.466. The highest BCUT2D eigenvalue weighted by atomic mass is 16.5. The number of methoxy groups -OCH3 is 2. The molecule has 0 aliphatic rings. The predicted molar refractivity (Wildman–Crippen MR) is 82.4 cm³/mol. The maximum absolute atomic E-state index is 5.74. The molecule has 0 aliphatic carbocycles. The summed E-state index contributed by atoms with van der Waals surface area (Å²) < 4.78 is 16.2. The summed E-state index contributed by atoms with van der Waals surface area (Å²) in [6, 6.07) is 13.8. The summed E-state index contributed by atoms with van der Waals surface area (Å²) in [6.45, 7) is 1.53. The second-order valence-corrected chi connectivity index (χ2v) is 4.69. The van der Waals surface area contributed by atoms with Gasteiger partial charge in [0.25, 0.3) is 0 Å². The van der Waals surface area contributed by atoms with Gasteiger partial charge < -0.3 is 19.9 Å². The Morgan fingerprint density at radius 2 is 1.67 bits per heavy atom. The van der Waals surface area contributed by atoms with E-state index in [1.807, 2.05) is 42.5 Å². The summed E-state index contributed by atoms with van der Waals surface area (Å²) in [6.07, 6.45) is 0. The van der Waals surface area contributed by atoms with Gasteiger partial charge in [-0.3, -0.25) is 0 Å². The summed E-state index contributed by atoms with van der Waals surface area (Å²) in [4.78, 5) is 0. The summed E-state index contributed by atoms with van der Waals surface area (Å²) in [5.74, 6) is 1.64. The zero-order valence-electron chi connectivity index (χ0n) is 12.5. The van der Waals surface area contributed by atoms with Gasteiger partial charge in [0, 0.05) is 12.1 Å². The topological polar surface area (TPSA) is 53.7 Å². The van der Waals surface area contributed by atoms with Crippen LogP contribution in [0, 0.1) is 0 Å². The zero-order valence-corrected chi connectivity index (χ0v) is 12.5. The van der Waals surface area contributed by atoms with Crippen LogP contribution in [-0.2, 0) is 24.5 Å². The molecule has 0 fully saturated rings. The van der Waals surface area contributed by atoms with E-state index >= 15 is 0 Å². The van der Waals surface area contributed by atoms with E-state index in [1.165, 1.54) is 0 Å². The van der Waals surface area contributed by atoms with Gasteiger partial charge in [0.05, 0.1) is 27.4 Å². The number of rotatable bonds is 7. The van der Waals surface area contributed by atoms with Crippen molar-refractivity contribution in [1.82, 2.24) is 0 Å². The lowest BCUT2D eigenvalue weighted by molar-refractivity contribution is 0.107. The maximum Gasteiger partial charge on any atom is 0.123 e. The monoisotopic (exact) mass is 287 g/mol. The molecule has 0 saturated heterocycles. The summed E-state index contributed by atoms with van der Waals surface area (Å²) in [5, 5.41) is 0. The van der Waals surface area contributed by atoms with E-state index in [0.29, 0.717) is 19.8 Å². The van der Waals surface area contributed by atoms with Crippen LogP contribution in [0.2, 0.25) is 0 Å². The SMILES string of the molecule is COc1cccc(COCc2ccc(CN)c(OC)c2)c1. The van der Waals surface area contributed by atoms with Gasteiger partial charge in [-0.05, 0) is 29.3 Å². The Kier molecular flexibility index (Phi) is 5.60. The molecule has 0 aliphatic heterocycles. The molecule has 0 spiro atoms. The highest BCUT2D eigenvalue weighted by molar-refractivity contribution is 5.37. The molecule has 0 heterocycles. The van der Waals surface area contributed by atoms with E-state index in [1.54, 1.807) is 14.2 Å². The Morgan fingerprint density at radius 1 is 0.905 bits per heavy atom. The first kappa shape index (κ1) is 15.4. The molecule has 2 rings (SSSR count). The molecule has 4 nitrogen and oxygen atoms in total. The first-order valence-corrected chi connectivity index (χ1v) is 6.83.